The molecule has 0 aromatic heterocycles. The molecule has 2 atom stereocenters. The molecule has 2 unspecified atom stereocenters. The Morgan fingerprint density at radius 2 is 2.25 bits per heavy atom. The summed E-state index contributed by atoms with van der Waals surface area (Å²) < 4.78 is 25.0. The number of sulfonamides is 1. The third-order valence-electron chi connectivity index (χ3n) is 2.71. The quantitative estimate of drug-likeness (QED) is 0.721. The van der Waals surface area contributed by atoms with Crippen LogP contribution in [0.1, 0.15) is 19.8 Å². The molecule has 0 aliphatic carbocycles. The molecule has 7 heteroatoms. The van der Waals surface area contributed by atoms with Crippen LogP contribution in [0.5, 0.6) is 0 Å². The van der Waals surface area contributed by atoms with Crippen LogP contribution in [0.15, 0.2) is 0 Å². The van der Waals surface area contributed by atoms with Gasteiger partial charge in [0.25, 0.3) is 0 Å². The predicted molar refractivity (Wildman–Crippen MR) is 57.8 cm³/mol. The maximum Gasteiger partial charge on any atom is 0.238 e. The largest absolute Gasteiger partial charge is 0.358 e. The second-order valence-corrected chi connectivity index (χ2v) is 5.91. The van der Waals surface area contributed by atoms with Crippen molar-refractivity contribution in [3.8, 4) is 6.07 Å². The molecule has 0 saturated carbocycles. The number of nitrogens with zero attached hydrogens (tertiary/aromatic N) is 2. The van der Waals surface area contributed by atoms with Gasteiger partial charge >= 0.3 is 0 Å². The fourth-order valence-corrected chi connectivity index (χ4v) is 3.22. The van der Waals surface area contributed by atoms with Crippen molar-refractivity contribution in [2.75, 3.05) is 13.6 Å². The van der Waals surface area contributed by atoms with Crippen LogP contribution >= 0.6 is 0 Å². The van der Waals surface area contributed by atoms with Gasteiger partial charge in [-0.15, -0.1) is 0 Å². The molecule has 6 nitrogen and oxygen atoms in total. The van der Waals surface area contributed by atoms with E-state index in [9.17, 15) is 13.2 Å². The second kappa shape index (κ2) is 4.80. The molecule has 0 aromatic carbocycles. The smallest absolute Gasteiger partial charge is 0.238 e. The Morgan fingerprint density at radius 3 is 2.75 bits per heavy atom. The van der Waals surface area contributed by atoms with Crippen LogP contribution in [-0.4, -0.2) is 43.5 Å². The molecule has 0 aromatic rings. The second-order valence-electron chi connectivity index (χ2n) is 3.70. The molecule has 0 bridgehead atoms. The first kappa shape index (κ1) is 12.9. The van der Waals surface area contributed by atoms with E-state index in [1.807, 2.05) is 0 Å². The van der Waals surface area contributed by atoms with Crippen molar-refractivity contribution >= 4 is 15.9 Å². The first-order valence-electron chi connectivity index (χ1n) is 5.07. The van der Waals surface area contributed by atoms with Crippen LogP contribution in [0.3, 0.4) is 0 Å². The Kier molecular flexibility index (Phi) is 3.88. The number of hydrogen-bond donors (Lipinski definition) is 1. The lowest BCUT2D eigenvalue weighted by Crippen LogP contribution is -2.47. The Labute approximate surface area is 95.3 Å². The zero-order chi connectivity index (χ0) is 12.3. The van der Waals surface area contributed by atoms with Crippen LogP contribution in [0.2, 0.25) is 0 Å². The van der Waals surface area contributed by atoms with Crippen molar-refractivity contribution in [2.24, 2.45) is 0 Å². The van der Waals surface area contributed by atoms with Gasteiger partial charge in [-0.05, 0) is 19.8 Å². The summed E-state index contributed by atoms with van der Waals surface area (Å²) in [6.07, 6.45) is 1.16. The number of carbonyl (C=O) groups excluding carboxylic acids is 1. The van der Waals surface area contributed by atoms with Gasteiger partial charge in [-0.3, -0.25) is 4.79 Å². The molecule has 90 valence electrons. The summed E-state index contributed by atoms with van der Waals surface area (Å²) >= 11 is 0. The zero-order valence-corrected chi connectivity index (χ0v) is 10.1. The molecule has 1 N–H and O–H groups in total. The van der Waals surface area contributed by atoms with E-state index >= 15 is 0 Å². The van der Waals surface area contributed by atoms with Gasteiger partial charge in [0.2, 0.25) is 15.9 Å². The van der Waals surface area contributed by atoms with Gasteiger partial charge in [0.1, 0.15) is 6.04 Å². The summed E-state index contributed by atoms with van der Waals surface area (Å²) in [6.45, 7) is 1.64. The summed E-state index contributed by atoms with van der Waals surface area (Å²) in [5.41, 5.74) is 0. The van der Waals surface area contributed by atoms with Crippen LogP contribution in [-0.2, 0) is 14.8 Å². The highest BCUT2D eigenvalue weighted by atomic mass is 32.2. The van der Waals surface area contributed by atoms with Gasteiger partial charge in [-0.25, -0.2) is 8.42 Å². The van der Waals surface area contributed by atoms with Crippen LogP contribution in [0.25, 0.3) is 0 Å². The van der Waals surface area contributed by atoms with E-state index in [0.717, 1.165) is 4.31 Å². The van der Waals surface area contributed by atoms with Crippen molar-refractivity contribution < 1.29 is 13.2 Å². The molecule has 1 fully saturated rings. The number of nitriles is 1. The maximum absolute atomic E-state index is 11.9. The van der Waals surface area contributed by atoms with Crippen molar-refractivity contribution in [2.45, 2.75) is 31.1 Å². The van der Waals surface area contributed by atoms with Gasteiger partial charge < -0.3 is 5.32 Å². The van der Waals surface area contributed by atoms with E-state index in [1.54, 1.807) is 6.07 Å². The van der Waals surface area contributed by atoms with E-state index in [0.29, 0.717) is 19.4 Å². The molecule has 1 rings (SSSR count). The molecular weight excluding hydrogens is 230 g/mol. The lowest BCUT2D eigenvalue weighted by molar-refractivity contribution is -0.123. The highest BCUT2D eigenvalue weighted by Crippen LogP contribution is 2.23. The van der Waals surface area contributed by atoms with Crippen molar-refractivity contribution in [3.63, 3.8) is 0 Å². The third-order valence-corrected chi connectivity index (χ3v) is 4.80. The fraction of sp³-hybridized carbons (Fsp3) is 0.778. The summed E-state index contributed by atoms with van der Waals surface area (Å²) in [6, 6.07) is 1.04. The average Bonchev–Trinajstić information content (AvgIpc) is 2.76. The Bertz CT molecular complexity index is 412. The highest BCUT2D eigenvalue weighted by molar-refractivity contribution is 7.90. The van der Waals surface area contributed by atoms with Gasteiger partial charge in [0, 0.05) is 13.6 Å². The molecule has 1 saturated heterocycles. The first-order chi connectivity index (χ1) is 7.45. The molecule has 16 heavy (non-hydrogen) atoms. The highest BCUT2D eigenvalue weighted by Gasteiger charge is 2.40. The molecule has 1 aliphatic rings. The van der Waals surface area contributed by atoms with E-state index in [1.165, 1.54) is 14.0 Å². The zero-order valence-electron chi connectivity index (χ0n) is 9.30. The standard InChI is InChI=1S/C9H15N3O3S/c1-7(6-10)16(14,15)12-5-3-4-8(12)9(13)11-2/h7-8H,3-5H2,1-2H3,(H,11,13). The Morgan fingerprint density at radius 1 is 1.62 bits per heavy atom. The van der Waals surface area contributed by atoms with Crippen LogP contribution in [0, 0.1) is 11.3 Å². The number of nitrogens with one attached hydrogen (secondary N) is 1. The Hall–Kier alpha value is -1.13. The first-order valence-corrected chi connectivity index (χ1v) is 6.57. The summed E-state index contributed by atoms with van der Waals surface area (Å²) in [5, 5.41) is 9.98. The molecule has 1 amide bonds. The van der Waals surface area contributed by atoms with Gasteiger partial charge in [-0.1, -0.05) is 0 Å². The summed E-state index contributed by atoms with van der Waals surface area (Å²) in [4.78, 5) is 11.5. The monoisotopic (exact) mass is 245 g/mol. The number of hydrogen-bond acceptors (Lipinski definition) is 4. The van der Waals surface area contributed by atoms with Crippen molar-refractivity contribution in [1.29, 1.82) is 5.26 Å². The van der Waals surface area contributed by atoms with E-state index in [-0.39, 0.29) is 5.91 Å². The molecule has 1 heterocycles. The predicted octanol–water partition coefficient (Wildman–Crippen LogP) is -0.561. The van der Waals surface area contributed by atoms with Crippen molar-refractivity contribution in [3.05, 3.63) is 0 Å². The van der Waals surface area contributed by atoms with Gasteiger partial charge in [0.15, 0.2) is 5.25 Å². The molecule has 0 radical (unpaired) electrons. The van der Waals surface area contributed by atoms with E-state index < -0.39 is 21.3 Å². The minimum Gasteiger partial charge on any atom is -0.358 e. The van der Waals surface area contributed by atoms with E-state index in [4.69, 9.17) is 5.26 Å². The lowest BCUT2D eigenvalue weighted by atomic mass is 10.2. The fourth-order valence-electron chi connectivity index (χ4n) is 1.74. The van der Waals surface area contributed by atoms with Gasteiger partial charge in [0.05, 0.1) is 6.07 Å². The minimum atomic E-state index is -3.68. The molecule has 1 aliphatic heterocycles. The topological polar surface area (TPSA) is 90.3 Å². The Balaban J connectivity index is 2.96. The normalized spacial score (nSPS) is 23.7. The van der Waals surface area contributed by atoms with Crippen LogP contribution in [0.4, 0.5) is 0 Å². The number of likely N-dealkylation sites (N-methyl/N-ethyl adjacent to an activating group) is 1. The third kappa shape index (κ3) is 2.18. The number of rotatable bonds is 3. The minimum absolute atomic E-state index is 0.312. The molecular formula is C9H15N3O3S. The van der Waals surface area contributed by atoms with Crippen molar-refractivity contribution in [1.82, 2.24) is 9.62 Å². The van der Waals surface area contributed by atoms with E-state index in [2.05, 4.69) is 5.32 Å². The van der Waals surface area contributed by atoms with Gasteiger partial charge in [-0.2, -0.15) is 9.57 Å². The number of carbonyl (C=O) groups is 1. The maximum atomic E-state index is 11.9. The summed E-state index contributed by atoms with van der Waals surface area (Å²) in [7, 11) is -2.21. The number of amides is 1. The summed E-state index contributed by atoms with van der Waals surface area (Å²) in [5.74, 6) is -0.314. The average molecular weight is 245 g/mol. The SMILES string of the molecule is CNC(=O)C1CCCN1S(=O)(=O)C(C)C#N. The molecule has 0 spiro atoms. The lowest BCUT2D eigenvalue weighted by Gasteiger charge is -2.23. The van der Waals surface area contributed by atoms with Crippen LogP contribution < -0.4 is 5.32 Å².